The van der Waals surface area contributed by atoms with Crippen molar-refractivity contribution in [3.63, 3.8) is 0 Å². The van der Waals surface area contributed by atoms with Crippen LogP contribution < -0.4 is 4.74 Å². The van der Waals surface area contributed by atoms with E-state index in [9.17, 15) is 0 Å². The van der Waals surface area contributed by atoms with E-state index >= 15 is 0 Å². The first-order valence-electron chi connectivity index (χ1n) is 10.7. The van der Waals surface area contributed by atoms with Gasteiger partial charge >= 0.3 is 0 Å². The lowest BCUT2D eigenvalue weighted by Gasteiger charge is -2.51. The van der Waals surface area contributed by atoms with Crippen molar-refractivity contribution in [2.45, 2.75) is 50.7 Å². The minimum absolute atomic E-state index is 0.538. The number of aromatic nitrogens is 2. The molecule has 6 rings (SSSR count). The first kappa shape index (κ1) is 18.1. The molecule has 4 saturated heterocycles. The van der Waals surface area contributed by atoms with E-state index in [4.69, 9.17) is 9.72 Å². The molecule has 0 amide bonds. The predicted molar refractivity (Wildman–Crippen MR) is 109 cm³/mol. The Morgan fingerprint density at radius 1 is 1.14 bits per heavy atom. The topological polar surface area (TPSA) is 41.5 Å². The fraction of sp³-hybridized carbons (Fsp3) is 0.565. The summed E-state index contributed by atoms with van der Waals surface area (Å²) in [6.45, 7) is 6.67. The molecule has 4 aliphatic rings. The molecule has 2 aromatic rings. The summed E-state index contributed by atoms with van der Waals surface area (Å²) in [7, 11) is 1.76. The molecule has 0 spiro atoms. The third-order valence-corrected chi connectivity index (χ3v) is 7.06. The zero-order valence-electron chi connectivity index (χ0n) is 16.9. The number of ether oxygens (including phenoxy) is 1. The molecule has 1 aromatic heterocycles. The summed E-state index contributed by atoms with van der Waals surface area (Å²) in [6.07, 6.45) is 5.49. The average molecular weight is 379 g/mol. The molecule has 1 aromatic carbocycles. The van der Waals surface area contributed by atoms with E-state index in [1.54, 1.807) is 7.11 Å². The number of hydrogen-bond donors (Lipinski definition) is 0. The number of likely N-dealkylation sites (tertiary alicyclic amines) is 1. The summed E-state index contributed by atoms with van der Waals surface area (Å²) in [4.78, 5) is 14.6. The molecular formula is C23H30N4O. The van der Waals surface area contributed by atoms with Gasteiger partial charge in [0, 0.05) is 43.7 Å². The van der Waals surface area contributed by atoms with Gasteiger partial charge in [0.15, 0.2) is 0 Å². The van der Waals surface area contributed by atoms with Crippen molar-refractivity contribution in [1.82, 2.24) is 19.8 Å². The molecule has 0 unspecified atom stereocenters. The molecule has 0 radical (unpaired) electrons. The third kappa shape index (κ3) is 3.11. The van der Waals surface area contributed by atoms with E-state index in [0.717, 1.165) is 42.7 Å². The highest BCUT2D eigenvalue weighted by Gasteiger charge is 2.53. The molecule has 148 valence electrons. The molecule has 3 atom stereocenters. The molecule has 5 heterocycles. The minimum Gasteiger partial charge on any atom is -0.497 e. The Balaban J connectivity index is 1.46. The Kier molecular flexibility index (Phi) is 4.81. The summed E-state index contributed by atoms with van der Waals surface area (Å²) in [5.41, 5.74) is 2.58. The van der Waals surface area contributed by atoms with Crippen LogP contribution in [0.3, 0.4) is 0 Å². The molecule has 4 fully saturated rings. The number of nitrogens with zero attached hydrogens (tertiary/aromatic N) is 4. The summed E-state index contributed by atoms with van der Waals surface area (Å²) < 4.78 is 5.52. The smallest absolute Gasteiger partial charge is 0.128 e. The van der Waals surface area contributed by atoms with Crippen molar-refractivity contribution >= 4 is 0 Å². The average Bonchev–Trinajstić information content (AvgIpc) is 3.16. The van der Waals surface area contributed by atoms with Crippen molar-refractivity contribution < 1.29 is 4.74 Å². The van der Waals surface area contributed by atoms with Crippen molar-refractivity contribution in [2.75, 3.05) is 26.7 Å². The maximum absolute atomic E-state index is 5.52. The van der Waals surface area contributed by atoms with Gasteiger partial charge in [0.25, 0.3) is 0 Å². The quantitative estimate of drug-likeness (QED) is 0.800. The zero-order valence-corrected chi connectivity index (χ0v) is 16.9. The lowest BCUT2D eigenvalue weighted by molar-refractivity contribution is -0.00900. The van der Waals surface area contributed by atoms with E-state index in [1.807, 2.05) is 12.3 Å². The van der Waals surface area contributed by atoms with Gasteiger partial charge in [-0.05, 0) is 55.6 Å². The Bertz CT molecular complexity index is 833. The second-order valence-corrected chi connectivity index (χ2v) is 8.48. The van der Waals surface area contributed by atoms with E-state index in [1.165, 1.54) is 31.5 Å². The maximum Gasteiger partial charge on any atom is 0.128 e. The summed E-state index contributed by atoms with van der Waals surface area (Å²) in [6, 6.07) is 12.1. The fourth-order valence-corrected chi connectivity index (χ4v) is 5.80. The molecule has 28 heavy (non-hydrogen) atoms. The van der Waals surface area contributed by atoms with Crippen LogP contribution in [-0.4, -0.2) is 58.6 Å². The van der Waals surface area contributed by atoms with Gasteiger partial charge in [-0.25, -0.2) is 9.97 Å². The normalized spacial score (nSPS) is 31.7. The third-order valence-electron chi connectivity index (χ3n) is 7.06. The largest absolute Gasteiger partial charge is 0.497 e. The van der Waals surface area contributed by atoms with E-state index in [-0.39, 0.29) is 0 Å². The molecule has 5 nitrogen and oxygen atoms in total. The molecule has 0 aliphatic carbocycles. The number of benzene rings is 1. The number of aryl methyl sites for hydroxylation is 1. The SMILES string of the molecule is CCc1nccc(CN2C[C@H](c3cccc(OC)c3)[C@@H]3[C@H]2C2CCN3CC2)n1. The van der Waals surface area contributed by atoms with Gasteiger partial charge in [0.1, 0.15) is 11.6 Å². The van der Waals surface area contributed by atoms with Crippen LogP contribution in [0.25, 0.3) is 0 Å². The van der Waals surface area contributed by atoms with Crippen LogP contribution in [0.2, 0.25) is 0 Å². The molecular weight excluding hydrogens is 348 g/mol. The first-order valence-corrected chi connectivity index (χ1v) is 10.7. The number of piperidine rings is 3. The Morgan fingerprint density at radius 2 is 2.00 bits per heavy atom. The van der Waals surface area contributed by atoms with Crippen molar-refractivity contribution in [1.29, 1.82) is 0 Å². The van der Waals surface area contributed by atoms with E-state index < -0.39 is 0 Å². The van der Waals surface area contributed by atoms with Crippen molar-refractivity contribution in [2.24, 2.45) is 5.92 Å². The van der Waals surface area contributed by atoms with Gasteiger partial charge in [-0.3, -0.25) is 9.80 Å². The van der Waals surface area contributed by atoms with Gasteiger partial charge < -0.3 is 4.74 Å². The highest BCUT2D eigenvalue weighted by molar-refractivity contribution is 5.34. The summed E-state index contributed by atoms with van der Waals surface area (Å²) in [5, 5.41) is 0. The number of methoxy groups -OCH3 is 1. The van der Waals surface area contributed by atoms with Crippen LogP contribution in [0, 0.1) is 5.92 Å². The van der Waals surface area contributed by atoms with Crippen LogP contribution in [0.4, 0.5) is 0 Å². The highest BCUT2D eigenvalue weighted by Crippen LogP contribution is 2.47. The highest BCUT2D eigenvalue weighted by atomic mass is 16.5. The van der Waals surface area contributed by atoms with Gasteiger partial charge in [-0.2, -0.15) is 0 Å². The number of hydrogen-bond acceptors (Lipinski definition) is 5. The second-order valence-electron chi connectivity index (χ2n) is 8.48. The monoisotopic (exact) mass is 378 g/mol. The first-order chi connectivity index (χ1) is 13.8. The van der Waals surface area contributed by atoms with Gasteiger partial charge in [0.05, 0.1) is 12.8 Å². The lowest BCUT2D eigenvalue weighted by Crippen LogP contribution is -2.60. The van der Waals surface area contributed by atoms with Crippen LogP contribution in [0.15, 0.2) is 36.5 Å². The zero-order chi connectivity index (χ0) is 19.1. The predicted octanol–water partition coefficient (Wildman–Crippen LogP) is 3.11. The Morgan fingerprint density at radius 3 is 2.79 bits per heavy atom. The Labute approximate surface area is 167 Å². The van der Waals surface area contributed by atoms with Crippen LogP contribution in [0.1, 0.15) is 42.8 Å². The second kappa shape index (κ2) is 7.45. The number of rotatable bonds is 5. The minimum atomic E-state index is 0.538. The van der Waals surface area contributed by atoms with Crippen LogP contribution >= 0.6 is 0 Å². The fourth-order valence-electron chi connectivity index (χ4n) is 5.80. The Hall–Kier alpha value is -1.98. The molecule has 5 heteroatoms. The molecule has 0 saturated carbocycles. The lowest BCUT2D eigenvalue weighted by atomic mass is 9.75. The van der Waals surface area contributed by atoms with Crippen molar-refractivity contribution in [3.8, 4) is 5.75 Å². The van der Waals surface area contributed by atoms with E-state index in [2.05, 4.69) is 46.0 Å². The number of fused-ring (bicyclic) bond motifs is 2. The van der Waals surface area contributed by atoms with Gasteiger partial charge in [0.2, 0.25) is 0 Å². The molecule has 4 aliphatic heterocycles. The molecule has 2 bridgehead atoms. The van der Waals surface area contributed by atoms with Gasteiger partial charge in [-0.1, -0.05) is 19.1 Å². The van der Waals surface area contributed by atoms with E-state index in [0.29, 0.717) is 18.0 Å². The van der Waals surface area contributed by atoms with Crippen LogP contribution in [-0.2, 0) is 13.0 Å². The summed E-state index contributed by atoms with van der Waals surface area (Å²) in [5.74, 6) is 3.27. The summed E-state index contributed by atoms with van der Waals surface area (Å²) >= 11 is 0. The van der Waals surface area contributed by atoms with Crippen molar-refractivity contribution in [3.05, 3.63) is 53.6 Å². The maximum atomic E-state index is 5.52. The van der Waals surface area contributed by atoms with Gasteiger partial charge in [-0.15, -0.1) is 0 Å². The van der Waals surface area contributed by atoms with Crippen LogP contribution in [0.5, 0.6) is 5.75 Å². The standard InChI is InChI=1S/C23H30N4O/c1-3-21-24-10-7-18(25-21)14-27-15-20(17-5-4-6-19(13-17)28-2)23-22(27)16-8-11-26(23)12-9-16/h4-7,10,13,16,20,22-23H,3,8-9,11-12,14-15H2,1-2H3/t20-,22-,23-/m1/s1. The molecule has 0 N–H and O–H groups in total.